The number of aryl methyl sites for hydroxylation is 1. The second kappa shape index (κ2) is 3.24. The summed E-state index contributed by atoms with van der Waals surface area (Å²) in [6.07, 6.45) is 1.81. The summed E-state index contributed by atoms with van der Waals surface area (Å²) in [7, 11) is 0. The van der Waals surface area contributed by atoms with Crippen LogP contribution >= 0.6 is 0 Å². The maximum Gasteiger partial charge on any atom is 0.160 e. The largest absolute Gasteiger partial charge is 0.488 e. The van der Waals surface area contributed by atoms with E-state index in [1.165, 1.54) is 5.69 Å². The fourth-order valence-electron chi connectivity index (χ4n) is 1.61. The summed E-state index contributed by atoms with van der Waals surface area (Å²) in [5.74, 6) is 0.915. The van der Waals surface area contributed by atoms with Gasteiger partial charge in [0, 0.05) is 12.2 Å². The Morgan fingerprint density at radius 2 is 2.46 bits per heavy atom. The van der Waals surface area contributed by atoms with Crippen molar-refractivity contribution >= 4 is 5.69 Å². The molecule has 0 amide bonds. The van der Waals surface area contributed by atoms with Gasteiger partial charge in [-0.05, 0) is 19.9 Å². The van der Waals surface area contributed by atoms with Gasteiger partial charge in [0.2, 0.25) is 0 Å². The van der Waals surface area contributed by atoms with Gasteiger partial charge < -0.3 is 9.64 Å². The molecule has 0 fully saturated rings. The number of hydrogen-bond acceptors (Lipinski definition) is 3. The van der Waals surface area contributed by atoms with Gasteiger partial charge in [-0.25, -0.2) is 0 Å². The van der Waals surface area contributed by atoms with Crippen LogP contribution in [0.15, 0.2) is 12.3 Å². The van der Waals surface area contributed by atoms with Crippen LogP contribution < -0.4 is 9.64 Å². The first-order valence-corrected chi connectivity index (χ1v) is 4.65. The molecule has 0 radical (unpaired) electrons. The van der Waals surface area contributed by atoms with Gasteiger partial charge in [0.15, 0.2) is 5.75 Å². The Morgan fingerprint density at radius 3 is 3.23 bits per heavy atom. The van der Waals surface area contributed by atoms with Crippen LogP contribution in [0.4, 0.5) is 5.69 Å². The maximum atomic E-state index is 5.51. The zero-order valence-electron chi connectivity index (χ0n) is 8.08. The fourth-order valence-corrected chi connectivity index (χ4v) is 1.61. The lowest BCUT2D eigenvalue weighted by atomic mass is 10.2. The Balaban J connectivity index is 2.41. The van der Waals surface area contributed by atoms with Crippen molar-refractivity contribution in [1.82, 2.24) is 4.98 Å². The van der Waals surface area contributed by atoms with E-state index in [1.54, 1.807) is 0 Å². The summed E-state index contributed by atoms with van der Waals surface area (Å²) >= 11 is 0. The van der Waals surface area contributed by atoms with E-state index in [9.17, 15) is 0 Å². The van der Waals surface area contributed by atoms with Crippen molar-refractivity contribution in [2.45, 2.75) is 13.8 Å². The molecule has 0 unspecified atom stereocenters. The van der Waals surface area contributed by atoms with Gasteiger partial charge >= 0.3 is 0 Å². The molecular weight excluding hydrogens is 164 g/mol. The highest BCUT2D eigenvalue weighted by molar-refractivity contribution is 5.59. The van der Waals surface area contributed by atoms with Gasteiger partial charge in [0.1, 0.15) is 6.61 Å². The highest BCUT2D eigenvalue weighted by Crippen LogP contribution is 2.30. The number of fused-ring (bicyclic) bond motifs is 1. The van der Waals surface area contributed by atoms with Gasteiger partial charge in [-0.2, -0.15) is 0 Å². The van der Waals surface area contributed by atoms with E-state index in [1.807, 2.05) is 13.1 Å². The van der Waals surface area contributed by atoms with Gasteiger partial charge in [0.05, 0.1) is 18.4 Å². The van der Waals surface area contributed by atoms with Crippen molar-refractivity contribution in [3.8, 4) is 5.75 Å². The first-order chi connectivity index (χ1) is 6.31. The van der Waals surface area contributed by atoms with Crippen LogP contribution in [0.25, 0.3) is 0 Å². The highest BCUT2D eigenvalue weighted by atomic mass is 16.5. The molecule has 3 nitrogen and oxygen atoms in total. The molecule has 1 aromatic heterocycles. The minimum absolute atomic E-state index is 0.769. The van der Waals surface area contributed by atoms with Crippen molar-refractivity contribution < 1.29 is 4.74 Å². The number of nitrogens with zero attached hydrogens (tertiary/aromatic N) is 2. The molecule has 0 aromatic carbocycles. The summed E-state index contributed by atoms with van der Waals surface area (Å²) in [6.45, 7) is 6.94. The molecule has 70 valence electrons. The topological polar surface area (TPSA) is 25.4 Å². The predicted molar refractivity (Wildman–Crippen MR) is 52.4 cm³/mol. The molecule has 13 heavy (non-hydrogen) atoms. The number of likely N-dealkylation sites (N-methyl/N-ethyl adjacent to an activating group) is 1. The molecule has 3 heteroatoms. The summed E-state index contributed by atoms with van der Waals surface area (Å²) in [6, 6.07) is 2.08. The molecule has 0 aliphatic carbocycles. The normalized spacial score (nSPS) is 15.1. The Hall–Kier alpha value is -1.25. The standard InChI is InChI=1S/C10H14N2O/c1-3-12-4-5-13-10-7-11-8(2)6-9(10)12/h6-7H,3-5H2,1-2H3. The Morgan fingerprint density at radius 1 is 1.62 bits per heavy atom. The Bertz CT molecular complexity index is 312. The number of rotatable bonds is 1. The number of aromatic nitrogens is 1. The van der Waals surface area contributed by atoms with Crippen molar-refractivity contribution in [2.24, 2.45) is 0 Å². The molecular formula is C10H14N2O. The molecule has 1 aliphatic rings. The predicted octanol–water partition coefficient (Wildman–Crippen LogP) is 1.61. The molecule has 1 aliphatic heterocycles. The maximum absolute atomic E-state index is 5.51. The lowest BCUT2D eigenvalue weighted by Crippen LogP contribution is -2.32. The van der Waals surface area contributed by atoms with Crippen LogP contribution in [0.1, 0.15) is 12.6 Å². The minimum Gasteiger partial charge on any atom is -0.488 e. The molecule has 0 N–H and O–H groups in total. The van der Waals surface area contributed by atoms with Crippen LogP contribution in [0, 0.1) is 6.92 Å². The lowest BCUT2D eigenvalue weighted by molar-refractivity contribution is 0.307. The third kappa shape index (κ3) is 1.46. The zero-order valence-corrected chi connectivity index (χ0v) is 8.08. The van der Waals surface area contributed by atoms with Crippen LogP contribution in [0.3, 0.4) is 0 Å². The fraction of sp³-hybridized carbons (Fsp3) is 0.500. The van der Waals surface area contributed by atoms with E-state index in [0.717, 1.165) is 31.1 Å². The van der Waals surface area contributed by atoms with Crippen molar-refractivity contribution in [1.29, 1.82) is 0 Å². The monoisotopic (exact) mass is 178 g/mol. The number of ether oxygens (including phenoxy) is 1. The molecule has 0 spiro atoms. The second-order valence-corrected chi connectivity index (χ2v) is 3.22. The SMILES string of the molecule is CCN1CCOc2cnc(C)cc21. The first kappa shape index (κ1) is 8.35. The average molecular weight is 178 g/mol. The molecule has 1 aromatic rings. The van der Waals surface area contributed by atoms with E-state index >= 15 is 0 Å². The van der Waals surface area contributed by atoms with Gasteiger partial charge in [-0.3, -0.25) is 4.98 Å². The molecule has 2 rings (SSSR count). The zero-order chi connectivity index (χ0) is 9.26. The molecule has 0 saturated heterocycles. The van der Waals surface area contributed by atoms with E-state index < -0.39 is 0 Å². The van der Waals surface area contributed by atoms with Crippen molar-refractivity contribution in [3.63, 3.8) is 0 Å². The van der Waals surface area contributed by atoms with Gasteiger partial charge in [-0.15, -0.1) is 0 Å². The van der Waals surface area contributed by atoms with Crippen molar-refractivity contribution in [3.05, 3.63) is 18.0 Å². The number of hydrogen-bond donors (Lipinski definition) is 0. The molecule has 0 bridgehead atoms. The molecule has 0 atom stereocenters. The second-order valence-electron chi connectivity index (χ2n) is 3.22. The first-order valence-electron chi connectivity index (χ1n) is 4.65. The van der Waals surface area contributed by atoms with Gasteiger partial charge in [0.25, 0.3) is 0 Å². The van der Waals surface area contributed by atoms with E-state index in [0.29, 0.717) is 0 Å². The quantitative estimate of drug-likeness (QED) is 0.653. The van der Waals surface area contributed by atoms with E-state index in [2.05, 4.69) is 22.9 Å². The smallest absolute Gasteiger partial charge is 0.160 e. The Labute approximate surface area is 78.3 Å². The molecule has 2 heterocycles. The number of pyridine rings is 1. The third-order valence-corrected chi connectivity index (χ3v) is 2.32. The molecule has 0 saturated carbocycles. The minimum atomic E-state index is 0.769. The van der Waals surface area contributed by atoms with E-state index in [-0.39, 0.29) is 0 Å². The van der Waals surface area contributed by atoms with Crippen LogP contribution in [0.5, 0.6) is 5.75 Å². The van der Waals surface area contributed by atoms with Crippen LogP contribution in [-0.4, -0.2) is 24.7 Å². The number of anilines is 1. The third-order valence-electron chi connectivity index (χ3n) is 2.32. The highest BCUT2D eigenvalue weighted by Gasteiger charge is 2.16. The summed E-state index contributed by atoms with van der Waals surface area (Å²) in [5.41, 5.74) is 2.23. The van der Waals surface area contributed by atoms with Crippen LogP contribution in [0.2, 0.25) is 0 Å². The summed E-state index contributed by atoms with van der Waals surface area (Å²) in [4.78, 5) is 6.52. The van der Waals surface area contributed by atoms with Crippen LogP contribution in [-0.2, 0) is 0 Å². The Kier molecular flexibility index (Phi) is 2.08. The lowest BCUT2D eigenvalue weighted by Gasteiger charge is -2.29. The average Bonchev–Trinajstić information content (AvgIpc) is 2.17. The summed E-state index contributed by atoms with van der Waals surface area (Å²) in [5, 5.41) is 0. The van der Waals surface area contributed by atoms with E-state index in [4.69, 9.17) is 4.74 Å². The van der Waals surface area contributed by atoms with Crippen molar-refractivity contribution in [2.75, 3.05) is 24.6 Å². The summed E-state index contributed by atoms with van der Waals surface area (Å²) < 4.78 is 5.51. The van der Waals surface area contributed by atoms with Gasteiger partial charge in [-0.1, -0.05) is 0 Å².